The molecule has 0 aromatic rings. The third-order valence-electron chi connectivity index (χ3n) is 2.74. The van der Waals surface area contributed by atoms with Gasteiger partial charge in [0.25, 0.3) is 0 Å². The van der Waals surface area contributed by atoms with Gasteiger partial charge in [-0.05, 0) is 26.5 Å². The number of rotatable bonds is 9. The lowest BCUT2D eigenvalue weighted by Crippen LogP contribution is -2.32. The summed E-state index contributed by atoms with van der Waals surface area (Å²) in [4.78, 5) is 28.5. The predicted octanol–water partition coefficient (Wildman–Crippen LogP) is 4.35. The summed E-state index contributed by atoms with van der Waals surface area (Å²) in [6.07, 6.45) is 4.88. The zero-order valence-corrected chi connectivity index (χ0v) is 16.2. The average Bonchev–Trinajstić information content (AvgIpc) is 2.56. The Kier molecular flexibility index (Phi) is 12.7. The van der Waals surface area contributed by atoms with Gasteiger partial charge in [0.1, 0.15) is 5.04 Å². The summed E-state index contributed by atoms with van der Waals surface area (Å²) in [6, 6.07) is 0. The fourth-order valence-electron chi connectivity index (χ4n) is 1.36. The first kappa shape index (κ1) is 21.9. The topological polar surface area (TPSA) is 71.4 Å². The van der Waals surface area contributed by atoms with Crippen molar-refractivity contribution in [2.75, 3.05) is 26.5 Å². The van der Waals surface area contributed by atoms with E-state index in [1.165, 1.54) is 27.4 Å². The fraction of sp³-hybridized carbons (Fsp3) is 0.786. The Morgan fingerprint density at radius 1 is 1.13 bits per heavy atom. The molecule has 7 nitrogen and oxygen atoms in total. The summed E-state index contributed by atoms with van der Waals surface area (Å²) >= 11 is 2.31. The lowest BCUT2D eigenvalue weighted by Gasteiger charge is -2.22. The molecule has 0 aromatic heterocycles. The summed E-state index contributed by atoms with van der Waals surface area (Å²) in [5.74, 6) is 0. The van der Waals surface area contributed by atoms with Crippen molar-refractivity contribution < 1.29 is 19.2 Å². The second-order valence-corrected chi connectivity index (χ2v) is 6.77. The van der Waals surface area contributed by atoms with Gasteiger partial charge in [0.2, 0.25) is 0 Å². The van der Waals surface area contributed by atoms with Crippen LogP contribution in [-0.4, -0.2) is 52.3 Å². The summed E-state index contributed by atoms with van der Waals surface area (Å²) in [7, 11) is 1.51. The third-order valence-corrected chi connectivity index (χ3v) is 4.40. The van der Waals surface area contributed by atoms with Crippen LogP contribution in [0.15, 0.2) is 5.16 Å². The molecule has 2 amide bonds. The van der Waals surface area contributed by atoms with Gasteiger partial charge in [0.15, 0.2) is 0 Å². The van der Waals surface area contributed by atoms with Crippen LogP contribution in [0.25, 0.3) is 0 Å². The zero-order chi connectivity index (χ0) is 17.7. The van der Waals surface area contributed by atoms with E-state index in [1.807, 2.05) is 6.26 Å². The monoisotopic (exact) mass is 365 g/mol. The molecule has 0 aliphatic rings. The summed E-state index contributed by atoms with van der Waals surface area (Å²) in [6.45, 7) is 6.46. The van der Waals surface area contributed by atoms with E-state index in [1.54, 1.807) is 13.8 Å². The Morgan fingerprint density at radius 3 is 2.39 bits per heavy atom. The van der Waals surface area contributed by atoms with Crippen molar-refractivity contribution in [3.63, 3.8) is 0 Å². The number of nitrogens with zero attached hydrogens (tertiary/aromatic N) is 3. The van der Waals surface area contributed by atoms with Crippen LogP contribution in [-0.2, 0) is 9.57 Å². The molecule has 0 fully saturated rings. The van der Waals surface area contributed by atoms with Crippen molar-refractivity contribution in [3.8, 4) is 0 Å². The Labute approximate surface area is 147 Å². The van der Waals surface area contributed by atoms with Gasteiger partial charge in [0.05, 0.1) is 18.7 Å². The van der Waals surface area contributed by atoms with Crippen molar-refractivity contribution in [3.05, 3.63) is 0 Å². The van der Waals surface area contributed by atoms with Crippen LogP contribution in [0.5, 0.6) is 0 Å². The molecule has 0 bridgehead atoms. The number of thioether (sulfide) groups is 1. The molecule has 0 unspecified atom stereocenters. The van der Waals surface area contributed by atoms with E-state index in [0.717, 1.165) is 37.8 Å². The number of ether oxygens (including phenoxy) is 1. The molecule has 0 saturated carbocycles. The van der Waals surface area contributed by atoms with Crippen molar-refractivity contribution in [2.45, 2.75) is 46.5 Å². The zero-order valence-electron chi connectivity index (χ0n) is 14.5. The van der Waals surface area contributed by atoms with Gasteiger partial charge in [0, 0.05) is 13.6 Å². The van der Waals surface area contributed by atoms with Crippen LogP contribution >= 0.6 is 23.9 Å². The summed E-state index contributed by atoms with van der Waals surface area (Å²) in [5.41, 5.74) is 0. The smallest absolute Gasteiger partial charge is 0.447 e. The molecule has 0 aromatic carbocycles. The highest BCUT2D eigenvalue weighted by atomic mass is 32.2. The first-order chi connectivity index (χ1) is 11.0. The second kappa shape index (κ2) is 13.4. The van der Waals surface area contributed by atoms with Crippen molar-refractivity contribution in [1.29, 1.82) is 0 Å². The van der Waals surface area contributed by atoms with Gasteiger partial charge in [-0.25, -0.2) is 18.2 Å². The first-order valence-corrected chi connectivity index (χ1v) is 9.57. The number of hydrogen-bond acceptors (Lipinski definition) is 7. The molecule has 0 aliphatic heterocycles. The molecule has 0 heterocycles. The average molecular weight is 366 g/mol. The van der Waals surface area contributed by atoms with Crippen LogP contribution in [0, 0.1) is 0 Å². The fourth-order valence-corrected chi connectivity index (χ4v) is 2.10. The van der Waals surface area contributed by atoms with E-state index in [4.69, 9.17) is 9.57 Å². The molecule has 9 heteroatoms. The maximum absolute atomic E-state index is 12.0. The van der Waals surface area contributed by atoms with E-state index in [2.05, 4.69) is 12.1 Å². The minimum absolute atomic E-state index is 0.390. The highest BCUT2D eigenvalue weighted by Gasteiger charge is 2.21. The van der Waals surface area contributed by atoms with Gasteiger partial charge in [-0.15, -0.1) is 11.8 Å². The summed E-state index contributed by atoms with van der Waals surface area (Å²) in [5, 5.41) is 4.29. The van der Waals surface area contributed by atoms with Gasteiger partial charge < -0.3 is 4.74 Å². The Morgan fingerprint density at radius 2 is 1.83 bits per heavy atom. The van der Waals surface area contributed by atoms with Crippen LogP contribution in [0.2, 0.25) is 0 Å². The lowest BCUT2D eigenvalue weighted by molar-refractivity contribution is 0.124. The van der Waals surface area contributed by atoms with E-state index >= 15 is 0 Å². The second-order valence-electron chi connectivity index (χ2n) is 4.62. The van der Waals surface area contributed by atoms with Crippen molar-refractivity contribution >= 4 is 41.1 Å². The van der Waals surface area contributed by atoms with Gasteiger partial charge >= 0.3 is 12.2 Å². The van der Waals surface area contributed by atoms with E-state index in [9.17, 15) is 9.59 Å². The highest BCUT2D eigenvalue weighted by Crippen LogP contribution is 2.17. The third kappa shape index (κ3) is 10.3. The van der Waals surface area contributed by atoms with Crippen LogP contribution in [0.3, 0.4) is 0 Å². The molecule has 0 atom stereocenters. The number of oxime groups is 1. The van der Waals surface area contributed by atoms with E-state index in [-0.39, 0.29) is 0 Å². The normalized spacial score (nSPS) is 11.1. The number of carbonyl (C=O) groups excluding carboxylic acids is 2. The summed E-state index contributed by atoms with van der Waals surface area (Å²) < 4.78 is 7.74. The highest BCUT2D eigenvalue weighted by molar-refractivity contribution is 8.13. The number of hydrogen-bond donors (Lipinski definition) is 0. The molecule has 0 N–H and O–H groups in total. The largest absolute Gasteiger partial charge is 0.449 e. The molecule has 0 aliphatic carbocycles. The van der Waals surface area contributed by atoms with E-state index < -0.39 is 12.2 Å². The van der Waals surface area contributed by atoms with Crippen LogP contribution < -0.4 is 0 Å². The molecule has 0 radical (unpaired) electrons. The molecular weight excluding hydrogens is 338 g/mol. The minimum atomic E-state index is -0.655. The standard InChI is InChI=1S/C14H27N3O4S2/c1-6-8-9-10-11-20-14(19)17(7-2)23-16(4)13(18)21-15-12(3)22-5/h6-11H2,1-5H3/b15-12+. The predicted molar refractivity (Wildman–Crippen MR) is 96.3 cm³/mol. The maximum Gasteiger partial charge on any atom is 0.447 e. The quantitative estimate of drug-likeness (QED) is 0.151. The molecule has 134 valence electrons. The SMILES string of the molecule is CCCCCCOC(=O)N(CC)SN(C)C(=O)O/N=C(\C)SC. The first-order valence-electron chi connectivity index (χ1n) is 7.61. The Bertz CT molecular complexity index is 394. The molecular formula is C14H27N3O4S2. The van der Waals surface area contributed by atoms with Crippen LogP contribution in [0.1, 0.15) is 46.5 Å². The molecule has 0 rings (SSSR count). The van der Waals surface area contributed by atoms with Gasteiger partial charge in [-0.1, -0.05) is 31.3 Å². The molecule has 0 spiro atoms. The number of carbonyl (C=O) groups is 2. The van der Waals surface area contributed by atoms with Crippen LogP contribution in [0.4, 0.5) is 9.59 Å². The van der Waals surface area contributed by atoms with Crippen molar-refractivity contribution in [2.24, 2.45) is 5.16 Å². The Balaban J connectivity index is 4.23. The molecule has 0 saturated heterocycles. The Hall–Kier alpha value is -1.09. The molecule has 23 heavy (non-hydrogen) atoms. The van der Waals surface area contributed by atoms with Gasteiger partial charge in [-0.3, -0.25) is 4.84 Å². The lowest BCUT2D eigenvalue weighted by atomic mass is 10.2. The van der Waals surface area contributed by atoms with Crippen molar-refractivity contribution in [1.82, 2.24) is 8.61 Å². The maximum atomic E-state index is 12.0. The number of unbranched alkanes of at least 4 members (excludes halogenated alkanes) is 3. The van der Waals surface area contributed by atoms with E-state index in [0.29, 0.717) is 18.2 Å². The number of amides is 2. The van der Waals surface area contributed by atoms with Gasteiger partial charge in [-0.2, -0.15) is 0 Å². The minimum Gasteiger partial charge on any atom is -0.449 e.